The molecule has 19 heavy (non-hydrogen) atoms. The van der Waals surface area contributed by atoms with Crippen LogP contribution in [0.2, 0.25) is 0 Å². The summed E-state index contributed by atoms with van der Waals surface area (Å²) in [5.41, 5.74) is 1.33. The number of rotatable bonds is 4. The molecule has 0 saturated heterocycles. The molecule has 6 heteroatoms. The van der Waals surface area contributed by atoms with E-state index in [9.17, 15) is 13.6 Å². The first-order chi connectivity index (χ1) is 9.08. The van der Waals surface area contributed by atoms with Gasteiger partial charge in [-0.05, 0) is 30.7 Å². The van der Waals surface area contributed by atoms with Gasteiger partial charge in [-0.15, -0.1) is 0 Å². The maximum Gasteiger partial charge on any atom is 0.387 e. The fraction of sp³-hybridized carbons (Fsp3) is 0.308. The zero-order valence-electron chi connectivity index (χ0n) is 10.0. The predicted molar refractivity (Wildman–Crippen MR) is 65.5 cm³/mol. The number of halogens is 2. The molecule has 1 heterocycles. The third kappa shape index (κ3) is 3.29. The Labute approximate surface area is 108 Å². The highest BCUT2D eigenvalue weighted by Crippen LogP contribution is 2.31. The van der Waals surface area contributed by atoms with Crippen molar-refractivity contribution in [2.45, 2.75) is 13.0 Å². The molecular weight excluding hydrogens is 256 g/mol. The van der Waals surface area contributed by atoms with Gasteiger partial charge in [0.05, 0.1) is 5.56 Å². The number of carbonyl (C=O) groups is 1. The van der Waals surface area contributed by atoms with E-state index in [2.05, 4.69) is 10.1 Å². The van der Waals surface area contributed by atoms with Gasteiger partial charge in [-0.2, -0.15) is 8.78 Å². The van der Waals surface area contributed by atoms with Gasteiger partial charge in [0.25, 0.3) is 0 Å². The van der Waals surface area contributed by atoms with Gasteiger partial charge in [-0.1, -0.05) is 12.1 Å². The molecule has 0 amide bonds. The first-order valence-electron chi connectivity index (χ1n) is 5.80. The zero-order chi connectivity index (χ0) is 13.8. The van der Waals surface area contributed by atoms with E-state index in [1.54, 1.807) is 0 Å². The minimum absolute atomic E-state index is 0.0751. The first-order valence-corrected chi connectivity index (χ1v) is 5.80. The summed E-state index contributed by atoms with van der Waals surface area (Å²) in [5.74, 6) is -1.27. The summed E-state index contributed by atoms with van der Waals surface area (Å²) in [5, 5.41) is 12.0. The SMILES string of the molecule is O=C(O)c1ccc(C2=CCNCC2)c(OC(F)F)c1. The average Bonchev–Trinajstić information content (AvgIpc) is 2.39. The van der Waals surface area contributed by atoms with Gasteiger partial charge in [-0.25, -0.2) is 4.79 Å². The van der Waals surface area contributed by atoms with Crippen molar-refractivity contribution in [1.82, 2.24) is 5.32 Å². The number of ether oxygens (including phenoxy) is 1. The van der Waals surface area contributed by atoms with E-state index in [1.165, 1.54) is 12.1 Å². The highest BCUT2D eigenvalue weighted by atomic mass is 19.3. The Balaban J connectivity index is 2.40. The van der Waals surface area contributed by atoms with Gasteiger partial charge >= 0.3 is 12.6 Å². The predicted octanol–water partition coefficient (Wildman–Crippen LogP) is 2.36. The largest absolute Gasteiger partial charge is 0.478 e. The number of nitrogens with one attached hydrogen (secondary N) is 1. The molecule has 0 aromatic heterocycles. The molecule has 4 nitrogen and oxygen atoms in total. The minimum Gasteiger partial charge on any atom is -0.478 e. The maximum atomic E-state index is 12.4. The Morgan fingerprint density at radius 2 is 2.21 bits per heavy atom. The summed E-state index contributed by atoms with van der Waals surface area (Å²) in [6, 6.07) is 4.03. The van der Waals surface area contributed by atoms with Gasteiger partial charge in [0.1, 0.15) is 5.75 Å². The fourth-order valence-electron chi connectivity index (χ4n) is 1.98. The summed E-state index contributed by atoms with van der Waals surface area (Å²) < 4.78 is 29.2. The van der Waals surface area contributed by atoms with E-state index in [0.29, 0.717) is 18.5 Å². The summed E-state index contributed by atoms with van der Waals surface area (Å²) in [6.45, 7) is -1.57. The lowest BCUT2D eigenvalue weighted by atomic mass is 9.98. The lowest BCUT2D eigenvalue weighted by Crippen LogP contribution is -2.20. The van der Waals surface area contributed by atoms with Crippen LogP contribution in [0.15, 0.2) is 24.3 Å². The van der Waals surface area contributed by atoms with Crippen LogP contribution in [0.4, 0.5) is 8.78 Å². The van der Waals surface area contributed by atoms with Crippen molar-refractivity contribution in [2.75, 3.05) is 13.1 Å². The number of hydrogen-bond donors (Lipinski definition) is 2. The lowest BCUT2D eigenvalue weighted by Gasteiger charge is -2.18. The van der Waals surface area contributed by atoms with Crippen molar-refractivity contribution < 1.29 is 23.4 Å². The molecular formula is C13H13F2NO3. The van der Waals surface area contributed by atoms with Crippen LogP contribution < -0.4 is 10.1 Å². The van der Waals surface area contributed by atoms with Crippen molar-refractivity contribution in [3.05, 3.63) is 35.4 Å². The normalized spacial score (nSPS) is 15.2. The van der Waals surface area contributed by atoms with Gasteiger partial charge in [0.2, 0.25) is 0 Å². The fourth-order valence-corrected chi connectivity index (χ4v) is 1.98. The molecule has 0 radical (unpaired) electrons. The van der Waals surface area contributed by atoms with E-state index in [0.717, 1.165) is 18.2 Å². The van der Waals surface area contributed by atoms with Crippen molar-refractivity contribution in [3.8, 4) is 5.75 Å². The molecule has 0 bridgehead atoms. The van der Waals surface area contributed by atoms with Crippen LogP contribution in [0.5, 0.6) is 5.75 Å². The van der Waals surface area contributed by atoms with E-state index < -0.39 is 12.6 Å². The molecule has 0 unspecified atom stereocenters. The van der Waals surface area contributed by atoms with Crippen molar-refractivity contribution >= 4 is 11.5 Å². The van der Waals surface area contributed by atoms with Gasteiger partial charge < -0.3 is 15.2 Å². The summed E-state index contributed by atoms with van der Waals surface area (Å²) in [4.78, 5) is 10.9. The van der Waals surface area contributed by atoms with E-state index in [4.69, 9.17) is 5.11 Å². The van der Waals surface area contributed by atoms with Crippen LogP contribution in [0.25, 0.3) is 5.57 Å². The molecule has 1 aromatic rings. The summed E-state index contributed by atoms with van der Waals surface area (Å²) in [7, 11) is 0. The Hall–Kier alpha value is -1.95. The highest BCUT2D eigenvalue weighted by Gasteiger charge is 2.17. The van der Waals surface area contributed by atoms with E-state index >= 15 is 0 Å². The number of benzene rings is 1. The molecule has 1 aromatic carbocycles. The van der Waals surface area contributed by atoms with Crippen molar-refractivity contribution in [3.63, 3.8) is 0 Å². The highest BCUT2D eigenvalue weighted by molar-refractivity contribution is 5.89. The standard InChI is InChI=1S/C13H13F2NO3/c14-13(15)19-11-7-9(12(17)18)1-2-10(11)8-3-5-16-6-4-8/h1-3,7,13,16H,4-6H2,(H,17,18). The van der Waals surface area contributed by atoms with Crippen LogP contribution in [-0.2, 0) is 0 Å². The third-order valence-corrected chi connectivity index (χ3v) is 2.85. The number of alkyl halides is 2. The van der Waals surface area contributed by atoms with Crippen LogP contribution in [-0.4, -0.2) is 30.8 Å². The molecule has 2 rings (SSSR count). The third-order valence-electron chi connectivity index (χ3n) is 2.85. The van der Waals surface area contributed by atoms with E-state index in [-0.39, 0.29) is 11.3 Å². The maximum absolute atomic E-state index is 12.4. The molecule has 0 fully saturated rings. The number of carboxylic acid groups (broad SMARTS) is 1. The molecule has 1 aliphatic rings. The molecule has 0 aliphatic carbocycles. The smallest absolute Gasteiger partial charge is 0.387 e. The van der Waals surface area contributed by atoms with E-state index in [1.807, 2.05) is 6.08 Å². The number of hydrogen-bond acceptors (Lipinski definition) is 3. The Bertz CT molecular complexity index is 515. The van der Waals surface area contributed by atoms with Gasteiger partial charge in [0, 0.05) is 12.1 Å². The molecule has 1 aliphatic heterocycles. The molecule has 0 atom stereocenters. The van der Waals surface area contributed by atoms with Crippen LogP contribution in [0, 0.1) is 0 Å². The zero-order valence-corrected chi connectivity index (χ0v) is 10.0. The topological polar surface area (TPSA) is 58.6 Å². The Morgan fingerprint density at radius 1 is 1.42 bits per heavy atom. The quantitative estimate of drug-likeness (QED) is 0.881. The summed E-state index contributed by atoms with van der Waals surface area (Å²) in [6.07, 6.45) is 2.57. The molecule has 102 valence electrons. The summed E-state index contributed by atoms with van der Waals surface area (Å²) >= 11 is 0. The second-order valence-electron chi connectivity index (χ2n) is 4.08. The lowest BCUT2D eigenvalue weighted by molar-refractivity contribution is -0.0501. The monoisotopic (exact) mass is 269 g/mol. The first kappa shape index (κ1) is 13.5. The van der Waals surface area contributed by atoms with Crippen molar-refractivity contribution in [1.29, 1.82) is 0 Å². The van der Waals surface area contributed by atoms with Gasteiger partial charge in [0.15, 0.2) is 0 Å². The average molecular weight is 269 g/mol. The number of carboxylic acids is 1. The molecule has 0 saturated carbocycles. The van der Waals surface area contributed by atoms with Crippen LogP contribution in [0.1, 0.15) is 22.3 Å². The van der Waals surface area contributed by atoms with Crippen LogP contribution in [0.3, 0.4) is 0 Å². The number of aromatic carboxylic acids is 1. The minimum atomic E-state index is -2.98. The Morgan fingerprint density at radius 3 is 2.79 bits per heavy atom. The molecule has 0 spiro atoms. The Kier molecular flexibility index (Phi) is 4.11. The molecule has 2 N–H and O–H groups in total. The van der Waals surface area contributed by atoms with Crippen molar-refractivity contribution in [2.24, 2.45) is 0 Å². The second-order valence-corrected chi connectivity index (χ2v) is 4.08. The van der Waals surface area contributed by atoms with Gasteiger partial charge in [-0.3, -0.25) is 0 Å². The van der Waals surface area contributed by atoms with Crippen LogP contribution >= 0.6 is 0 Å². The second kappa shape index (κ2) is 5.79.